The molecule has 1 aliphatic heterocycles. The van der Waals surface area contributed by atoms with Crippen LogP contribution in [-0.2, 0) is 14.3 Å². The van der Waals surface area contributed by atoms with Crippen molar-refractivity contribution in [3.05, 3.63) is 59.7 Å². The van der Waals surface area contributed by atoms with Gasteiger partial charge in [0.1, 0.15) is 12.1 Å². The van der Waals surface area contributed by atoms with E-state index in [4.69, 9.17) is 4.74 Å². The van der Waals surface area contributed by atoms with E-state index in [9.17, 15) is 24.0 Å². The van der Waals surface area contributed by atoms with Crippen molar-refractivity contribution in [3.63, 3.8) is 0 Å². The highest BCUT2D eigenvalue weighted by atomic mass is 16.6. The number of ether oxygens (including phenoxy) is 1. The van der Waals surface area contributed by atoms with Gasteiger partial charge in [-0.3, -0.25) is 24.1 Å². The monoisotopic (exact) mass is 466 g/mol. The van der Waals surface area contributed by atoms with Gasteiger partial charge in [-0.05, 0) is 51.1 Å². The lowest BCUT2D eigenvalue weighted by atomic mass is 10.1. The molecule has 0 radical (unpaired) electrons. The lowest BCUT2D eigenvalue weighted by molar-refractivity contribution is -0.116. The van der Waals surface area contributed by atoms with Crippen LogP contribution >= 0.6 is 0 Å². The molecule has 1 aliphatic rings. The summed E-state index contributed by atoms with van der Waals surface area (Å²) in [7, 11) is 0. The van der Waals surface area contributed by atoms with E-state index in [-0.39, 0.29) is 19.5 Å². The number of hydrogen-bond acceptors (Lipinski definition) is 6. The van der Waals surface area contributed by atoms with Crippen LogP contribution < -0.4 is 16.0 Å². The molecule has 0 saturated carbocycles. The van der Waals surface area contributed by atoms with Gasteiger partial charge in [-0.2, -0.15) is 0 Å². The van der Waals surface area contributed by atoms with Crippen LogP contribution in [-0.4, -0.2) is 53.3 Å². The number of carbonyl (C=O) groups excluding carboxylic acids is 5. The number of imide groups is 1. The fourth-order valence-corrected chi connectivity index (χ4v) is 3.23. The Labute approximate surface area is 196 Å². The van der Waals surface area contributed by atoms with Crippen LogP contribution in [0.3, 0.4) is 0 Å². The molecule has 0 spiro atoms. The zero-order valence-electron chi connectivity index (χ0n) is 19.1. The molecule has 0 aromatic heterocycles. The Balaban J connectivity index is 1.48. The molecule has 178 valence electrons. The minimum atomic E-state index is -0.707. The Morgan fingerprint density at radius 2 is 1.41 bits per heavy atom. The summed E-state index contributed by atoms with van der Waals surface area (Å²) in [5.41, 5.74) is 0.821. The van der Waals surface area contributed by atoms with Gasteiger partial charge in [0, 0.05) is 24.3 Å². The average molecular weight is 466 g/mol. The average Bonchev–Trinajstić information content (AvgIpc) is 3.00. The Morgan fingerprint density at radius 1 is 0.853 bits per heavy atom. The van der Waals surface area contributed by atoms with Crippen LogP contribution in [0, 0.1) is 0 Å². The van der Waals surface area contributed by atoms with Gasteiger partial charge in [-0.1, -0.05) is 18.2 Å². The van der Waals surface area contributed by atoms with E-state index in [1.807, 2.05) is 0 Å². The Bertz CT molecular complexity index is 1100. The van der Waals surface area contributed by atoms with Gasteiger partial charge in [0.15, 0.2) is 0 Å². The van der Waals surface area contributed by atoms with Crippen LogP contribution in [0.1, 0.15) is 47.9 Å². The summed E-state index contributed by atoms with van der Waals surface area (Å²) in [5.74, 6) is -1.71. The van der Waals surface area contributed by atoms with E-state index < -0.39 is 35.3 Å². The van der Waals surface area contributed by atoms with Crippen molar-refractivity contribution >= 4 is 41.1 Å². The molecule has 0 atom stereocenters. The number of nitrogens with one attached hydrogen (secondary N) is 3. The number of hydrogen-bond donors (Lipinski definition) is 3. The lowest BCUT2D eigenvalue weighted by Crippen LogP contribution is -2.37. The van der Waals surface area contributed by atoms with Crippen molar-refractivity contribution in [2.45, 2.75) is 32.8 Å². The predicted octanol–water partition coefficient (Wildman–Crippen LogP) is 2.77. The maximum absolute atomic E-state index is 12.4. The summed E-state index contributed by atoms with van der Waals surface area (Å²) in [6, 6.07) is 13.0. The quantitative estimate of drug-likeness (QED) is 0.537. The molecule has 0 bridgehead atoms. The summed E-state index contributed by atoms with van der Waals surface area (Å²) < 4.78 is 5.07. The number of carbonyl (C=O) groups is 5. The SMILES string of the molecule is CC(C)(C)OC(=O)NCC(=O)Nc1cccc(NC(=O)CCN2C(=O)c3ccccc3C2=O)c1. The number of fused-ring (bicyclic) bond motifs is 1. The molecule has 0 aliphatic carbocycles. The van der Waals surface area contributed by atoms with Crippen molar-refractivity contribution in [1.29, 1.82) is 0 Å². The van der Waals surface area contributed by atoms with Crippen molar-refractivity contribution in [3.8, 4) is 0 Å². The minimum Gasteiger partial charge on any atom is -0.444 e. The first-order valence-corrected chi connectivity index (χ1v) is 10.7. The van der Waals surface area contributed by atoms with Crippen molar-refractivity contribution in [2.24, 2.45) is 0 Å². The molecule has 34 heavy (non-hydrogen) atoms. The number of benzene rings is 2. The second-order valence-electron chi connectivity index (χ2n) is 8.59. The zero-order chi connectivity index (χ0) is 24.9. The van der Waals surface area contributed by atoms with Crippen molar-refractivity contribution < 1.29 is 28.7 Å². The van der Waals surface area contributed by atoms with Crippen LogP contribution in [0.25, 0.3) is 0 Å². The standard InChI is InChI=1S/C24H26N4O6/c1-24(2,3)34-23(33)25-14-20(30)27-16-8-6-7-15(13-16)26-19(29)11-12-28-21(31)17-9-4-5-10-18(17)22(28)32/h4-10,13H,11-12,14H2,1-3H3,(H,25,33)(H,26,29)(H,27,30). The van der Waals surface area contributed by atoms with E-state index in [0.29, 0.717) is 22.5 Å². The van der Waals surface area contributed by atoms with E-state index in [2.05, 4.69) is 16.0 Å². The number of nitrogens with zero attached hydrogens (tertiary/aromatic N) is 1. The Hall–Kier alpha value is -4.21. The molecule has 3 N–H and O–H groups in total. The normalized spacial score (nSPS) is 12.7. The third-order valence-corrected chi connectivity index (χ3v) is 4.66. The third kappa shape index (κ3) is 6.41. The summed E-state index contributed by atoms with van der Waals surface area (Å²) >= 11 is 0. The second-order valence-corrected chi connectivity index (χ2v) is 8.59. The van der Waals surface area contributed by atoms with Gasteiger partial charge in [0.25, 0.3) is 11.8 Å². The third-order valence-electron chi connectivity index (χ3n) is 4.66. The highest BCUT2D eigenvalue weighted by molar-refractivity contribution is 6.21. The summed E-state index contributed by atoms with van der Waals surface area (Å²) in [4.78, 5) is 61.9. The number of alkyl carbamates (subject to hydrolysis) is 1. The molecule has 2 aromatic rings. The van der Waals surface area contributed by atoms with Gasteiger partial charge < -0.3 is 20.7 Å². The number of amides is 5. The predicted molar refractivity (Wildman–Crippen MR) is 124 cm³/mol. The summed E-state index contributed by atoms with van der Waals surface area (Å²) in [5, 5.41) is 7.65. The van der Waals surface area contributed by atoms with Crippen LogP contribution in [0.15, 0.2) is 48.5 Å². The van der Waals surface area contributed by atoms with E-state index in [1.54, 1.807) is 69.3 Å². The maximum Gasteiger partial charge on any atom is 0.408 e. The molecule has 3 rings (SSSR count). The molecule has 10 nitrogen and oxygen atoms in total. The topological polar surface area (TPSA) is 134 Å². The summed E-state index contributed by atoms with van der Waals surface area (Å²) in [6.07, 6.45) is -0.788. The molecule has 0 fully saturated rings. The van der Waals surface area contributed by atoms with E-state index in [1.165, 1.54) is 0 Å². The van der Waals surface area contributed by atoms with Crippen LogP contribution in [0.4, 0.5) is 16.2 Å². The zero-order valence-corrected chi connectivity index (χ0v) is 19.1. The molecule has 0 unspecified atom stereocenters. The highest BCUT2D eigenvalue weighted by Gasteiger charge is 2.34. The number of anilines is 2. The van der Waals surface area contributed by atoms with Gasteiger partial charge >= 0.3 is 6.09 Å². The first-order valence-electron chi connectivity index (χ1n) is 10.7. The Morgan fingerprint density at radius 3 is 1.97 bits per heavy atom. The molecule has 5 amide bonds. The van der Waals surface area contributed by atoms with Crippen molar-refractivity contribution in [1.82, 2.24) is 10.2 Å². The largest absolute Gasteiger partial charge is 0.444 e. The molecule has 10 heteroatoms. The molecule has 2 aromatic carbocycles. The highest BCUT2D eigenvalue weighted by Crippen LogP contribution is 2.22. The van der Waals surface area contributed by atoms with E-state index in [0.717, 1.165) is 4.90 Å². The number of rotatable bonds is 7. The van der Waals surface area contributed by atoms with Crippen molar-refractivity contribution in [2.75, 3.05) is 23.7 Å². The van der Waals surface area contributed by atoms with Gasteiger partial charge in [-0.15, -0.1) is 0 Å². The van der Waals surface area contributed by atoms with Crippen LogP contribution in [0.2, 0.25) is 0 Å². The van der Waals surface area contributed by atoms with Gasteiger partial charge in [-0.25, -0.2) is 4.79 Å². The first kappa shape index (κ1) is 24.4. The van der Waals surface area contributed by atoms with E-state index >= 15 is 0 Å². The fraction of sp³-hybridized carbons (Fsp3) is 0.292. The Kier molecular flexibility index (Phi) is 7.30. The summed E-state index contributed by atoms with van der Waals surface area (Å²) in [6.45, 7) is 4.81. The smallest absolute Gasteiger partial charge is 0.408 e. The minimum absolute atomic E-state index is 0.0507. The molecular formula is C24H26N4O6. The first-order chi connectivity index (χ1) is 16.0. The van der Waals surface area contributed by atoms with Gasteiger partial charge in [0.05, 0.1) is 11.1 Å². The fourth-order valence-electron chi connectivity index (χ4n) is 3.23. The maximum atomic E-state index is 12.4. The lowest BCUT2D eigenvalue weighted by Gasteiger charge is -2.19. The van der Waals surface area contributed by atoms with Crippen LogP contribution in [0.5, 0.6) is 0 Å². The van der Waals surface area contributed by atoms with Gasteiger partial charge in [0.2, 0.25) is 11.8 Å². The molecule has 1 heterocycles. The second kappa shape index (κ2) is 10.2. The molecule has 0 saturated heterocycles. The molecular weight excluding hydrogens is 440 g/mol.